The largest absolute Gasteiger partial charge is 0.360 e. The van der Waals surface area contributed by atoms with Crippen molar-refractivity contribution in [2.45, 2.75) is 51.0 Å². The molecule has 4 rings (SSSR count). The van der Waals surface area contributed by atoms with E-state index >= 15 is 0 Å². The number of carbonyl (C=O) groups is 2. The van der Waals surface area contributed by atoms with Gasteiger partial charge in [-0.25, -0.2) is 0 Å². The molecule has 2 bridgehead atoms. The van der Waals surface area contributed by atoms with Crippen LogP contribution in [0.25, 0.3) is 0 Å². The Bertz CT molecular complexity index is 767. The van der Waals surface area contributed by atoms with Crippen LogP contribution in [0.3, 0.4) is 0 Å². The maximum atomic E-state index is 13.2. The van der Waals surface area contributed by atoms with Gasteiger partial charge in [0.1, 0.15) is 5.60 Å². The predicted molar refractivity (Wildman–Crippen MR) is 99.7 cm³/mol. The summed E-state index contributed by atoms with van der Waals surface area (Å²) in [5, 5.41) is 4.18. The van der Waals surface area contributed by atoms with E-state index < -0.39 is 17.4 Å². The number of fused-ring (bicyclic) bond motifs is 1. The second-order valence-corrected chi connectivity index (χ2v) is 8.88. The molecular formula is C20H28N4O3. The van der Waals surface area contributed by atoms with Crippen LogP contribution in [0.4, 0.5) is 0 Å². The first-order chi connectivity index (χ1) is 12.7. The summed E-state index contributed by atoms with van der Waals surface area (Å²) in [5.41, 5.74) is -0.917. The van der Waals surface area contributed by atoms with E-state index in [1.165, 1.54) is 0 Å². The molecule has 27 heavy (non-hydrogen) atoms. The third kappa shape index (κ3) is 2.88. The predicted octanol–water partition coefficient (Wildman–Crippen LogP) is 1.31. The Morgan fingerprint density at radius 3 is 2.89 bits per heavy atom. The number of aryl methyl sites for hydroxylation is 1. The first-order valence-corrected chi connectivity index (χ1v) is 9.64. The van der Waals surface area contributed by atoms with Crippen LogP contribution in [0.2, 0.25) is 0 Å². The summed E-state index contributed by atoms with van der Waals surface area (Å²) in [4.78, 5) is 29.9. The molecular weight excluding hydrogens is 344 g/mol. The number of ether oxygens (including phenoxy) is 1. The molecule has 0 saturated carbocycles. The van der Waals surface area contributed by atoms with Gasteiger partial charge in [-0.05, 0) is 33.3 Å². The van der Waals surface area contributed by atoms with Crippen molar-refractivity contribution in [3.63, 3.8) is 0 Å². The minimum atomic E-state index is -0.634. The van der Waals surface area contributed by atoms with Crippen LogP contribution in [-0.2, 0) is 20.9 Å². The lowest BCUT2D eigenvalue weighted by molar-refractivity contribution is -0.144. The normalized spacial score (nSPS) is 31.6. The Labute approximate surface area is 159 Å². The summed E-state index contributed by atoms with van der Waals surface area (Å²) in [5.74, 6) is -0.796. The Hall–Kier alpha value is -2.15. The third-order valence-corrected chi connectivity index (χ3v) is 6.01. The highest BCUT2D eigenvalue weighted by Gasteiger charge is 2.68. The standard InChI is InChI=1S/C20H28N4O3/c1-19(2,3)24-13-20-8-7-14(27-20)15(16(20)18(24)26)17(25)22(4)10-6-12-23-11-5-9-21-23/h5,7-9,11,14-16H,6,10,12-13H2,1-4H3/t14-,15-,16+,20-/m0/s1. The number of carbonyl (C=O) groups excluding carboxylic acids is 2. The van der Waals surface area contributed by atoms with E-state index in [1.54, 1.807) is 11.1 Å². The maximum absolute atomic E-state index is 13.2. The fraction of sp³-hybridized carbons (Fsp3) is 0.650. The first-order valence-electron chi connectivity index (χ1n) is 9.64. The van der Waals surface area contributed by atoms with Gasteiger partial charge in [0.05, 0.1) is 24.5 Å². The van der Waals surface area contributed by atoms with Gasteiger partial charge < -0.3 is 14.5 Å². The van der Waals surface area contributed by atoms with Crippen LogP contribution in [0, 0.1) is 11.8 Å². The lowest BCUT2D eigenvalue weighted by atomic mass is 9.76. The minimum absolute atomic E-state index is 0.000740. The van der Waals surface area contributed by atoms with Crippen LogP contribution >= 0.6 is 0 Å². The van der Waals surface area contributed by atoms with Gasteiger partial charge >= 0.3 is 0 Å². The third-order valence-electron chi connectivity index (χ3n) is 6.01. The van der Waals surface area contributed by atoms with Crippen LogP contribution in [0.15, 0.2) is 30.6 Å². The SMILES string of the molecule is CN(CCCn1cccn1)C(=O)[C@H]1[C@@H]2C=C[C@@]3(CN(C(C)(C)C)C(=O)[C@@H]13)O2. The molecule has 2 saturated heterocycles. The second-order valence-electron chi connectivity index (χ2n) is 8.88. The topological polar surface area (TPSA) is 67.7 Å². The zero-order valence-corrected chi connectivity index (χ0v) is 16.5. The highest BCUT2D eigenvalue weighted by Crippen LogP contribution is 2.53. The van der Waals surface area contributed by atoms with Crippen molar-refractivity contribution in [3.05, 3.63) is 30.6 Å². The molecule has 3 aliphatic rings. The summed E-state index contributed by atoms with van der Waals surface area (Å²) in [6.07, 6.45) is 8.17. The first kappa shape index (κ1) is 18.2. The van der Waals surface area contributed by atoms with Gasteiger partial charge in [-0.15, -0.1) is 0 Å². The lowest BCUT2D eigenvalue weighted by Gasteiger charge is -2.34. The van der Waals surface area contributed by atoms with Crippen LogP contribution < -0.4 is 0 Å². The maximum Gasteiger partial charge on any atom is 0.230 e. The summed E-state index contributed by atoms with van der Waals surface area (Å²) in [6.45, 7) is 7.99. The van der Waals surface area contributed by atoms with Gasteiger partial charge in [0, 0.05) is 38.1 Å². The molecule has 4 heterocycles. The summed E-state index contributed by atoms with van der Waals surface area (Å²) < 4.78 is 8.05. The fourth-order valence-electron chi connectivity index (χ4n) is 4.62. The molecule has 0 N–H and O–H groups in total. The van der Waals surface area contributed by atoms with Crippen molar-refractivity contribution in [1.82, 2.24) is 19.6 Å². The van der Waals surface area contributed by atoms with Crippen molar-refractivity contribution >= 4 is 11.8 Å². The van der Waals surface area contributed by atoms with Gasteiger partial charge in [-0.2, -0.15) is 5.10 Å². The molecule has 4 atom stereocenters. The number of hydrogen-bond acceptors (Lipinski definition) is 4. The molecule has 0 unspecified atom stereocenters. The minimum Gasteiger partial charge on any atom is -0.360 e. The summed E-state index contributed by atoms with van der Waals surface area (Å²) in [7, 11) is 1.81. The molecule has 1 aromatic heterocycles. The van der Waals surface area contributed by atoms with Crippen LogP contribution in [0.1, 0.15) is 27.2 Å². The zero-order valence-electron chi connectivity index (χ0n) is 16.5. The summed E-state index contributed by atoms with van der Waals surface area (Å²) >= 11 is 0. The number of rotatable bonds is 5. The number of nitrogens with zero attached hydrogens (tertiary/aromatic N) is 4. The number of amides is 2. The lowest BCUT2D eigenvalue weighted by Crippen LogP contribution is -2.47. The van der Waals surface area contributed by atoms with Crippen molar-refractivity contribution in [3.8, 4) is 0 Å². The summed E-state index contributed by atoms with van der Waals surface area (Å²) in [6, 6.07) is 1.89. The average molecular weight is 372 g/mol. The van der Waals surface area contributed by atoms with E-state index in [-0.39, 0.29) is 23.5 Å². The number of aromatic nitrogens is 2. The molecule has 0 aromatic carbocycles. The van der Waals surface area contributed by atoms with Crippen molar-refractivity contribution < 1.29 is 14.3 Å². The average Bonchev–Trinajstić information content (AvgIpc) is 3.35. The van der Waals surface area contributed by atoms with E-state index in [4.69, 9.17) is 4.74 Å². The molecule has 0 aliphatic carbocycles. The van der Waals surface area contributed by atoms with Gasteiger partial charge in [0.25, 0.3) is 0 Å². The Balaban J connectivity index is 1.46. The number of hydrogen-bond donors (Lipinski definition) is 0. The van der Waals surface area contributed by atoms with Gasteiger partial charge in [0.15, 0.2) is 0 Å². The Morgan fingerprint density at radius 2 is 2.22 bits per heavy atom. The van der Waals surface area contributed by atoms with Crippen LogP contribution in [-0.4, -0.2) is 68.8 Å². The fourth-order valence-corrected chi connectivity index (χ4v) is 4.62. The van der Waals surface area contributed by atoms with Gasteiger partial charge in [0.2, 0.25) is 11.8 Å². The molecule has 7 heteroatoms. The van der Waals surface area contributed by atoms with Crippen molar-refractivity contribution in [2.75, 3.05) is 20.1 Å². The molecule has 146 valence electrons. The van der Waals surface area contributed by atoms with E-state index in [0.717, 1.165) is 13.0 Å². The Kier molecular flexibility index (Phi) is 4.18. The van der Waals surface area contributed by atoms with Crippen molar-refractivity contribution in [2.24, 2.45) is 11.8 Å². The zero-order chi connectivity index (χ0) is 19.4. The van der Waals surface area contributed by atoms with E-state index in [1.807, 2.05) is 61.8 Å². The van der Waals surface area contributed by atoms with Gasteiger partial charge in [-0.1, -0.05) is 12.2 Å². The molecule has 1 aromatic rings. The smallest absolute Gasteiger partial charge is 0.230 e. The molecule has 2 amide bonds. The highest BCUT2D eigenvalue weighted by molar-refractivity contribution is 5.93. The molecule has 3 aliphatic heterocycles. The quantitative estimate of drug-likeness (QED) is 0.731. The monoisotopic (exact) mass is 372 g/mol. The van der Waals surface area contributed by atoms with E-state index in [0.29, 0.717) is 13.1 Å². The second kappa shape index (κ2) is 6.19. The van der Waals surface area contributed by atoms with E-state index in [2.05, 4.69) is 5.10 Å². The molecule has 7 nitrogen and oxygen atoms in total. The van der Waals surface area contributed by atoms with Crippen LogP contribution in [0.5, 0.6) is 0 Å². The highest BCUT2D eigenvalue weighted by atomic mass is 16.5. The van der Waals surface area contributed by atoms with Crippen molar-refractivity contribution in [1.29, 1.82) is 0 Å². The van der Waals surface area contributed by atoms with Gasteiger partial charge in [-0.3, -0.25) is 14.3 Å². The molecule has 2 fully saturated rings. The number of likely N-dealkylation sites (tertiary alicyclic amines) is 1. The van der Waals surface area contributed by atoms with E-state index in [9.17, 15) is 9.59 Å². The molecule has 0 radical (unpaired) electrons. The Morgan fingerprint density at radius 1 is 1.44 bits per heavy atom. The molecule has 1 spiro atoms.